The first kappa shape index (κ1) is 12.9. The fourth-order valence-corrected chi connectivity index (χ4v) is 1.97. The second kappa shape index (κ2) is 5.01. The van der Waals surface area contributed by atoms with Gasteiger partial charge < -0.3 is 0 Å². The molecule has 2 amide bonds. The van der Waals surface area contributed by atoms with Crippen LogP contribution in [-0.2, 0) is 0 Å². The minimum atomic E-state index is -0.544. The van der Waals surface area contributed by atoms with Crippen LogP contribution in [0.3, 0.4) is 0 Å². The van der Waals surface area contributed by atoms with Gasteiger partial charge in [-0.3, -0.25) is 24.6 Å². The molecule has 1 aromatic carbocycles. The van der Waals surface area contributed by atoms with Crippen molar-refractivity contribution in [1.82, 2.24) is 4.90 Å². The largest absolute Gasteiger partial charge is 0.274 e. The summed E-state index contributed by atoms with van der Waals surface area (Å²) in [5, 5.41) is 10.3. The summed E-state index contributed by atoms with van der Waals surface area (Å²) < 4.78 is 0. The Bertz CT molecular complexity index is 557. The van der Waals surface area contributed by atoms with Crippen LogP contribution in [0, 0.1) is 10.1 Å². The van der Waals surface area contributed by atoms with Gasteiger partial charge >= 0.3 is 0 Å². The lowest BCUT2D eigenvalue weighted by Gasteiger charge is -2.12. The van der Waals surface area contributed by atoms with E-state index in [1.807, 2.05) is 0 Å². The number of nitrogens with zero attached hydrogens (tertiary/aromatic N) is 2. The highest BCUT2D eigenvalue weighted by molar-refractivity contribution is 6.21. The Morgan fingerprint density at radius 3 is 2.26 bits per heavy atom. The smallest absolute Gasteiger partial charge is 0.261 e. The maximum absolute atomic E-state index is 12.0. The third-order valence-electron chi connectivity index (χ3n) is 2.93. The average molecular weight is 260 g/mol. The Kier molecular flexibility index (Phi) is 3.41. The lowest BCUT2D eigenvalue weighted by molar-refractivity contribution is -0.403. The zero-order chi connectivity index (χ0) is 14.0. The number of benzene rings is 1. The Hall–Kier alpha value is -2.50. The zero-order valence-corrected chi connectivity index (χ0v) is 10.3. The number of hydrogen-bond donors (Lipinski definition) is 0. The monoisotopic (exact) mass is 260 g/mol. The molecule has 2 rings (SSSR count). The molecule has 0 saturated carbocycles. The maximum atomic E-state index is 12.0. The van der Waals surface area contributed by atoms with Gasteiger partial charge in [-0.2, -0.15) is 0 Å². The molecule has 0 radical (unpaired) electrons. The van der Waals surface area contributed by atoms with Crippen LogP contribution in [0.15, 0.2) is 36.0 Å². The van der Waals surface area contributed by atoms with Crippen LogP contribution in [-0.4, -0.2) is 28.2 Å². The summed E-state index contributed by atoms with van der Waals surface area (Å²) in [6, 6.07) is 6.61. The summed E-state index contributed by atoms with van der Waals surface area (Å²) in [6.45, 7) is 1.75. The number of rotatable bonds is 4. The van der Waals surface area contributed by atoms with E-state index < -0.39 is 4.92 Å². The van der Waals surface area contributed by atoms with Gasteiger partial charge in [-0.25, -0.2) is 0 Å². The first-order valence-corrected chi connectivity index (χ1v) is 5.76. The highest BCUT2D eigenvalue weighted by Gasteiger charge is 2.34. The molecule has 0 aromatic heterocycles. The van der Waals surface area contributed by atoms with Crippen molar-refractivity contribution in [2.24, 2.45) is 0 Å². The molecule has 1 heterocycles. The van der Waals surface area contributed by atoms with Gasteiger partial charge in [-0.1, -0.05) is 12.1 Å². The molecule has 0 aliphatic carbocycles. The van der Waals surface area contributed by atoms with Crippen LogP contribution >= 0.6 is 0 Å². The van der Waals surface area contributed by atoms with Gasteiger partial charge in [0.15, 0.2) is 0 Å². The molecule has 0 fully saturated rings. The first-order chi connectivity index (χ1) is 9.00. The van der Waals surface area contributed by atoms with Crippen molar-refractivity contribution in [2.45, 2.75) is 13.3 Å². The van der Waals surface area contributed by atoms with Crippen LogP contribution in [0.25, 0.3) is 0 Å². The summed E-state index contributed by atoms with van der Waals surface area (Å²) in [7, 11) is 0. The van der Waals surface area contributed by atoms with Crippen molar-refractivity contribution in [1.29, 1.82) is 0 Å². The number of nitro groups is 1. The molecule has 0 bridgehead atoms. The van der Waals surface area contributed by atoms with E-state index in [0.29, 0.717) is 23.1 Å². The Morgan fingerprint density at radius 1 is 1.26 bits per heavy atom. The lowest BCUT2D eigenvalue weighted by atomic mass is 10.1. The summed E-state index contributed by atoms with van der Waals surface area (Å²) >= 11 is 0. The molecule has 1 aliphatic rings. The van der Waals surface area contributed by atoms with Gasteiger partial charge in [-0.15, -0.1) is 0 Å². The van der Waals surface area contributed by atoms with Crippen molar-refractivity contribution in [3.8, 4) is 0 Å². The molecule has 98 valence electrons. The van der Waals surface area contributed by atoms with Crippen LogP contribution in [0.4, 0.5) is 0 Å². The topological polar surface area (TPSA) is 80.5 Å². The van der Waals surface area contributed by atoms with E-state index in [2.05, 4.69) is 0 Å². The van der Waals surface area contributed by atoms with Crippen molar-refractivity contribution < 1.29 is 14.5 Å². The number of amides is 2. The lowest BCUT2D eigenvalue weighted by Crippen LogP contribution is -2.30. The Labute approximate surface area is 109 Å². The van der Waals surface area contributed by atoms with Gasteiger partial charge in [0.2, 0.25) is 6.20 Å². The molecular formula is C13H12N2O4. The van der Waals surface area contributed by atoms with E-state index in [4.69, 9.17) is 0 Å². The van der Waals surface area contributed by atoms with Gasteiger partial charge in [0.1, 0.15) is 0 Å². The standard InChI is InChI=1S/C13H12N2O4/c1-9(8-15(18)19)6-7-14-12(16)10-4-2-3-5-11(10)13(14)17/h2-5,8H,6-7H2,1H3/b9-8+. The fourth-order valence-electron chi connectivity index (χ4n) is 1.97. The van der Waals surface area contributed by atoms with Crippen molar-refractivity contribution in [3.05, 3.63) is 57.3 Å². The molecule has 0 atom stereocenters. The zero-order valence-electron chi connectivity index (χ0n) is 10.3. The summed E-state index contributed by atoms with van der Waals surface area (Å²) in [5.41, 5.74) is 1.30. The molecule has 1 aromatic rings. The van der Waals surface area contributed by atoms with Gasteiger partial charge in [0, 0.05) is 6.54 Å². The van der Waals surface area contributed by atoms with E-state index in [1.165, 1.54) is 0 Å². The highest BCUT2D eigenvalue weighted by atomic mass is 16.6. The predicted octanol–water partition coefficient (Wildman–Crippen LogP) is 1.85. The molecule has 0 unspecified atom stereocenters. The summed E-state index contributed by atoms with van der Waals surface area (Å²) in [5.74, 6) is -0.677. The molecule has 19 heavy (non-hydrogen) atoms. The molecule has 0 N–H and O–H groups in total. The summed E-state index contributed by atoms with van der Waals surface area (Å²) in [6.07, 6.45) is 1.19. The minimum Gasteiger partial charge on any atom is -0.274 e. The predicted molar refractivity (Wildman–Crippen MR) is 67.2 cm³/mol. The normalized spacial score (nSPS) is 14.8. The third-order valence-corrected chi connectivity index (χ3v) is 2.93. The van der Waals surface area contributed by atoms with Gasteiger partial charge in [-0.05, 0) is 31.1 Å². The van der Waals surface area contributed by atoms with E-state index in [9.17, 15) is 19.7 Å². The maximum Gasteiger partial charge on any atom is 0.261 e. The van der Waals surface area contributed by atoms with E-state index in [1.54, 1.807) is 31.2 Å². The van der Waals surface area contributed by atoms with Gasteiger partial charge in [0.25, 0.3) is 11.8 Å². The first-order valence-electron chi connectivity index (χ1n) is 5.76. The molecule has 0 saturated heterocycles. The van der Waals surface area contributed by atoms with Crippen LogP contribution in [0.1, 0.15) is 34.1 Å². The SMILES string of the molecule is C/C(=C\[N+](=O)[O-])CCN1C(=O)c2ccccc2C1=O. The number of hydrogen-bond acceptors (Lipinski definition) is 4. The Balaban J connectivity index is 2.11. The fraction of sp³-hybridized carbons (Fsp3) is 0.231. The molecular weight excluding hydrogens is 248 g/mol. The van der Waals surface area contributed by atoms with Gasteiger partial charge in [0.05, 0.1) is 16.1 Å². The average Bonchev–Trinajstić information content (AvgIpc) is 2.60. The van der Waals surface area contributed by atoms with Crippen LogP contribution < -0.4 is 0 Å². The number of imide groups is 1. The molecule has 6 nitrogen and oxygen atoms in total. The van der Waals surface area contributed by atoms with Crippen molar-refractivity contribution in [3.63, 3.8) is 0 Å². The molecule has 0 spiro atoms. The van der Waals surface area contributed by atoms with Crippen molar-refractivity contribution >= 4 is 11.8 Å². The van der Waals surface area contributed by atoms with Crippen molar-refractivity contribution in [2.75, 3.05) is 6.54 Å². The molecule has 1 aliphatic heterocycles. The second-order valence-corrected chi connectivity index (χ2v) is 4.32. The highest BCUT2D eigenvalue weighted by Crippen LogP contribution is 2.22. The second-order valence-electron chi connectivity index (χ2n) is 4.32. The Morgan fingerprint density at radius 2 is 1.79 bits per heavy atom. The quantitative estimate of drug-likeness (QED) is 0.470. The number of carbonyl (C=O) groups is 2. The number of fused-ring (bicyclic) bond motifs is 1. The van der Waals surface area contributed by atoms with E-state index >= 15 is 0 Å². The minimum absolute atomic E-state index is 0.155. The number of carbonyl (C=O) groups excluding carboxylic acids is 2. The third kappa shape index (κ3) is 2.52. The van der Waals surface area contributed by atoms with Crippen LogP contribution in [0.5, 0.6) is 0 Å². The van der Waals surface area contributed by atoms with E-state index in [0.717, 1.165) is 11.1 Å². The van der Waals surface area contributed by atoms with E-state index in [-0.39, 0.29) is 18.4 Å². The summed E-state index contributed by atoms with van der Waals surface area (Å²) in [4.78, 5) is 34.9. The van der Waals surface area contributed by atoms with Crippen LogP contribution in [0.2, 0.25) is 0 Å². The molecule has 6 heteroatoms.